The van der Waals surface area contributed by atoms with Gasteiger partial charge in [-0.2, -0.15) is 4.68 Å². The van der Waals surface area contributed by atoms with E-state index in [1.54, 1.807) is 24.3 Å². The maximum atomic E-state index is 10.4. The van der Waals surface area contributed by atoms with Crippen LogP contribution in [0.5, 0.6) is 0 Å². The van der Waals surface area contributed by atoms with Crippen molar-refractivity contribution in [1.82, 2.24) is 14.8 Å². The maximum Gasteiger partial charge on any atom is 0.490 e. The number of nitrogens with zero attached hydrogens (tertiary/aromatic N) is 4. The summed E-state index contributed by atoms with van der Waals surface area (Å²) in [6.45, 7) is 0.0858. The topological polar surface area (TPSA) is 94.1 Å². The molecule has 0 aliphatic heterocycles. The minimum atomic E-state index is -0.830. The second-order valence-corrected chi connectivity index (χ2v) is 4.03. The van der Waals surface area contributed by atoms with E-state index in [-0.39, 0.29) is 6.54 Å². The Kier molecular flexibility index (Phi) is 3.54. The van der Waals surface area contributed by atoms with Gasteiger partial charge in [-0.15, -0.1) is 0 Å². The molecule has 0 spiro atoms. The van der Waals surface area contributed by atoms with Gasteiger partial charge in [0.2, 0.25) is 6.33 Å². The third-order valence-electron chi connectivity index (χ3n) is 2.30. The SMILES string of the molecule is O=[N+]([O-])c1ncn(CC(O)c2ccc(Cl)cc2)n1. The first-order valence-corrected chi connectivity index (χ1v) is 5.41. The third kappa shape index (κ3) is 2.82. The Labute approximate surface area is 107 Å². The Hall–Kier alpha value is -1.99. The van der Waals surface area contributed by atoms with E-state index < -0.39 is 17.0 Å². The van der Waals surface area contributed by atoms with Crippen molar-refractivity contribution in [2.45, 2.75) is 12.6 Å². The van der Waals surface area contributed by atoms with Crippen molar-refractivity contribution in [2.75, 3.05) is 0 Å². The van der Waals surface area contributed by atoms with Crippen LogP contribution in [0, 0.1) is 10.1 Å². The summed E-state index contributed by atoms with van der Waals surface area (Å²) in [6, 6.07) is 6.67. The van der Waals surface area contributed by atoms with E-state index in [2.05, 4.69) is 10.1 Å². The van der Waals surface area contributed by atoms with Crippen LogP contribution in [0.1, 0.15) is 11.7 Å². The summed E-state index contributed by atoms with van der Waals surface area (Å²) in [4.78, 5) is 13.2. The molecular weight excluding hydrogens is 260 g/mol. The lowest BCUT2D eigenvalue weighted by Crippen LogP contribution is -2.09. The van der Waals surface area contributed by atoms with Gasteiger partial charge >= 0.3 is 5.95 Å². The summed E-state index contributed by atoms with van der Waals surface area (Å²) in [5.41, 5.74) is 0.651. The van der Waals surface area contributed by atoms with E-state index in [1.165, 1.54) is 11.0 Å². The van der Waals surface area contributed by atoms with Gasteiger partial charge in [0.25, 0.3) is 0 Å². The van der Waals surface area contributed by atoms with E-state index in [0.717, 1.165) is 0 Å². The average Bonchev–Trinajstić information content (AvgIpc) is 2.78. The molecular formula is C10H9ClN4O3. The predicted molar refractivity (Wildman–Crippen MR) is 63.1 cm³/mol. The quantitative estimate of drug-likeness (QED) is 0.671. The highest BCUT2D eigenvalue weighted by Crippen LogP contribution is 2.17. The van der Waals surface area contributed by atoms with Crippen LogP contribution in [-0.2, 0) is 6.54 Å². The first-order valence-electron chi connectivity index (χ1n) is 5.03. The van der Waals surface area contributed by atoms with Crippen LogP contribution in [-0.4, -0.2) is 24.8 Å². The minimum absolute atomic E-state index is 0.0858. The van der Waals surface area contributed by atoms with Gasteiger partial charge in [-0.1, -0.05) is 28.7 Å². The van der Waals surface area contributed by atoms with E-state index in [9.17, 15) is 15.2 Å². The van der Waals surface area contributed by atoms with E-state index in [0.29, 0.717) is 10.6 Å². The number of nitro groups is 1. The first kappa shape index (κ1) is 12.5. The molecule has 0 fully saturated rings. The van der Waals surface area contributed by atoms with Gasteiger partial charge in [-0.25, -0.2) is 0 Å². The molecule has 2 rings (SSSR count). The summed E-state index contributed by atoms with van der Waals surface area (Å²) >= 11 is 5.73. The molecule has 0 saturated heterocycles. The lowest BCUT2D eigenvalue weighted by molar-refractivity contribution is -0.394. The monoisotopic (exact) mass is 268 g/mol. The number of aromatic nitrogens is 3. The van der Waals surface area contributed by atoms with Crippen molar-refractivity contribution in [3.63, 3.8) is 0 Å². The molecule has 0 radical (unpaired) electrons. The second-order valence-electron chi connectivity index (χ2n) is 3.59. The Morgan fingerprint density at radius 1 is 1.44 bits per heavy atom. The normalized spacial score (nSPS) is 12.3. The molecule has 1 atom stereocenters. The smallest absolute Gasteiger partial charge is 0.390 e. The molecule has 0 amide bonds. The molecule has 0 aliphatic carbocycles. The van der Waals surface area contributed by atoms with Crippen LogP contribution in [0.4, 0.5) is 5.95 Å². The highest BCUT2D eigenvalue weighted by atomic mass is 35.5. The zero-order chi connectivity index (χ0) is 13.1. The van der Waals surface area contributed by atoms with Crippen molar-refractivity contribution >= 4 is 17.5 Å². The lowest BCUT2D eigenvalue weighted by atomic mass is 10.1. The van der Waals surface area contributed by atoms with Gasteiger partial charge in [0.1, 0.15) is 0 Å². The third-order valence-corrected chi connectivity index (χ3v) is 2.55. The summed E-state index contributed by atoms with van der Waals surface area (Å²) < 4.78 is 1.22. The van der Waals surface area contributed by atoms with Crippen LogP contribution in [0.25, 0.3) is 0 Å². The standard InChI is InChI=1S/C10H9ClN4O3/c11-8-3-1-7(2-4-8)9(16)5-14-6-12-10(13-14)15(17)18/h1-4,6,9,16H,5H2. The average molecular weight is 269 g/mol. The Morgan fingerprint density at radius 2 is 2.11 bits per heavy atom. The summed E-state index contributed by atoms with van der Waals surface area (Å²) in [6.07, 6.45) is 0.376. The largest absolute Gasteiger partial charge is 0.490 e. The molecule has 1 N–H and O–H groups in total. The lowest BCUT2D eigenvalue weighted by Gasteiger charge is -2.08. The number of hydrogen-bond donors (Lipinski definition) is 1. The summed E-state index contributed by atoms with van der Waals surface area (Å²) in [5.74, 6) is -0.488. The molecule has 2 aromatic rings. The Morgan fingerprint density at radius 3 is 2.67 bits per heavy atom. The van der Waals surface area contributed by atoms with E-state index in [1.807, 2.05) is 0 Å². The molecule has 1 aromatic carbocycles. The first-order chi connectivity index (χ1) is 8.56. The van der Waals surface area contributed by atoms with Crippen LogP contribution in [0.3, 0.4) is 0 Å². The number of benzene rings is 1. The second kappa shape index (κ2) is 5.11. The number of aliphatic hydroxyl groups excluding tert-OH is 1. The number of rotatable bonds is 4. The minimum Gasteiger partial charge on any atom is -0.390 e. The van der Waals surface area contributed by atoms with E-state index >= 15 is 0 Å². The molecule has 1 heterocycles. The Bertz CT molecular complexity index is 555. The van der Waals surface area contributed by atoms with Crippen LogP contribution < -0.4 is 0 Å². The van der Waals surface area contributed by atoms with Gasteiger partial charge in [-0.05, 0) is 22.6 Å². The highest BCUT2D eigenvalue weighted by Gasteiger charge is 2.16. The summed E-state index contributed by atoms with van der Waals surface area (Å²) in [5, 5.41) is 24.5. The molecule has 0 bridgehead atoms. The fourth-order valence-electron chi connectivity index (χ4n) is 1.42. The molecule has 0 saturated carbocycles. The molecule has 0 aliphatic rings. The highest BCUT2D eigenvalue weighted by molar-refractivity contribution is 6.30. The number of hydrogen-bond acceptors (Lipinski definition) is 5. The molecule has 1 aromatic heterocycles. The van der Waals surface area contributed by atoms with E-state index in [4.69, 9.17) is 11.6 Å². The van der Waals surface area contributed by atoms with Gasteiger partial charge in [0, 0.05) is 10.1 Å². The fraction of sp³-hybridized carbons (Fsp3) is 0.200. The van der Waals surface area contributed by atoms with Crippen LogP contribution >= 0.6 is 11.6 Å². The Balaban J connectivity index is 2.08. The van der Waals surface area contributed by atoms with Crippen LogP contribution in [0.2, 0.25) is 5.02 Å². The molecule has 18 heavy (non-hydrogen) atoms. The van der Waals surface area contributed by atoms with Gasteiger partial charge in [0.15, 0.2) is 0 Å². The molecule has 7 nitrogen and oxygen atoms in total. The van der Waals surface area contributed by atoms with Gasteiger partial charge in [-0.3, -0.25) is 0 Å². The number of halogens is 1. The summed E-state index contributed by atoms with van der Waals surface area (Å²) in [7, 11) is 0. The zero-order valence-corrected chi connectivity index (χ0v) is 9.86. The van der Waals surface area contributed by atoms with Gasteiger partial charge in [0.05, 0.1) is 12.6 Å². The molecule has 8 heteroatoms. The van der Waals surface area contributed by atoms with Crippen LogP contribution in [0.15, 0.2) is 30.6 Å². The van der Waals surface area contributed by atoms with Crippen molar-refractivity contribution in [3.05, 3.63) is 51.3 Å². The molecule has 1 unspecified atom stereocenters. The maximum absolute atomic E-state index is 10.4. The fourth-order valence-corrected chi connectivity index (χ4v) is 1.55. The van der Waals surface area contributed by atoms with Gasteiger partial charge < -0.3 is 15.2 Å². The zero-order valence-electron chi connectivity index (χ0n) is 9.10. The predicted octanol–water partition coefficient (Wildman–Crippen LogP) is 1.57. The molecule has 94 valence electrons. The van der Waals surface area contributed by atoms with Crippen molar-refractivity contribution < 1.29 is 10.0 Å². The van der Waals surface area contributed by atoms with Crippen molar-refractivity contribution in [1.29, 1.82) is 0 Å². The number of aliphatic hydroxyl groups is 1. The van der Waals surface area contributed by atoms with Crippen molar-refractivity contribution in [3.8, 4) is 0 Å². The van der Waals surface area contributed by atoms with Crippen molar-refractivity contribution in [2.24, 2.45) is 0 Å².